The van der Waals surface area contributed by atoms with Crippen molar-refractivity contribution in [2.24, 2.45) is 0 Å². The van der Waals surface area contributed by atoms with Crippen LogP contribution in [0.2, 0.25) is 0 Å². The van der Waals surface area contributed by atoms with Gasteiger partial charge in [0.25, 0.3) is 0 Å². The van der Waals surface area contributed by atoms with E-state index >= 15 is 0 Å². The van der Waals surface area contributed by atoms with Gasteiger partial charge in [0, 0.05) is 17.5 Å². The first kappa shape index (κ1) is 10.7. The summed E-state index contributed by atoms with van der Waals surface area (Å²) in [5, 5.41) is 0. The first-order valence-electron chi connectivity index (χ1n) is 5.48. The third-order valence-electron chi connectivity index (χ3n) is 2.49. The second-order valence-corrected chi connectivity index (χ2v) is 3.73. The van der Waals surface area contributed by atoms with Gasteiger partial charge < -0.3 is 4.42 Å². The number of hydrogen-bond donors (Lipinski definition) is 0. The fourth-order valence-corrected chi connectivity index (χ4v) is 1.63. The molecule has 0 unspecified atom stereocenters. The zero-order valence-electron chi connectivity index (χ0n) is 9.27. The highest BCUT2D eigenvalue weighted by Gasteiger charge is 2.05. The van der Waals surface area contributed by atoms with Gasteiger partial charge in [-0.3, -0.25) is 4.79 Å². The Kier molecular flexibility index (Phi) is 3.20. The van der Waals surface area contributed by atoms with Crippen LogP contribution in [-0.2, 0) is 0 Å². The van der Waals surface area contributed by atoms with Crippen molar-refractivity contribution >= 4 is 5.78 Å². The summed E-state index contributed by atoms with van der Waals surface area (Å²) in [5.41, 5.74) is 1.77. The lowest BCUT2D eigenvalue weighted by Gasteiger charge is -2.00. The molecule has 1 heterocycles. The van der Waals surface area contributed by atoms with Crippen molar-refractivity contribution in [1.29, 1.82) is 0 Å². The van der Waals surface area contributed by atoms with E-state index in [-0.39, 0.29) is 5.78 Å². The van der Waals surface area contributed by atoms with E-state index in [1.165, 1.54) is 0 Å². The van der Waals surface area contributed by atoms with Crippen molar-refractivity contribution < 1.29 is 9.21 Å². The molecule has 0 saturated heterocycles. The summed E-state index contributed by atoms with van der Waals surface area (Å²) in [7, 11) is 0. The van der Waals surface area contributed by atoms with Gasteiger partial charge in [-0.15, -0.1) is 0 Å². The third kappa shape index (κ3) is 2.22. The van der Waals surface area contributed by atoms with Gasteiger partial charge in [0.15, 0.2) is 5.78 Å². The SMILES string of the molecule is CCCC(=O)c1ccc(-c2ccco2)cc1. The fraction of sp³-hybridized carbons (Fsp3) is 0.214. The Balaban J connectivity index is 2.20. The highest BCUT2D eigenvalue weighted by molar-refractivity contribution is 5.96. The molecule has 0 spiro atoms. The summed E-state index contributed by atoms with van der Waals surface area (Å²) in [6.45, 7) is 2.01. The van der Waals surface area contributed by atoms with Crippen LogP contribution in [0.1, 0.15) is 30.1 Å². The first-order valence-corrected chi connectivity index (χ1v) is 5.48. The molecule has 2 aromatic rings. The number of Topliss-reactive ketones (excluding diaryl/α,β-unsaturated/α-hetero) is 1. The Morgan fingerprint density at radius 3 is 2.50 bits per heavy atom. The molecule has 1 aromatic carbocycles. The van der Waals surface area contributed by atoms with E-state index in [9.17, 15) is 4.79 Å². The average molecular weight is 214 g/mol. The van der Waals surface area contributed by atoms with Crippen molar-refractivity contribution in [2.75, 3.05) is 0 Å². The zero-order chi connectivity index (χ0) is 11.4. The number of carbonyl (C=O) groups is 1. The lowest BCUT2D eigenvalue weighted by atomic mass is 10.0. The molecule has 82 valence electrons. The molecule has 1 aromatic heterocycles. The van der Waals surface area contributed by atoms with Crippen LogP contribution in [0.25, 0.3) is 11.3 Å². The van der Waals surface area contributed by atoms with Crippen LogP contribution in [-0.4, -0.2) is 5.78 Å². The number of carbonyl (C=O) groups excluding carboxylic acids is 1. The molecule has 0 amide bonds. The van der Waals surface area contributed by atoms with E-state index < -0.39 is 0 Å². The molecule has 2 rings (SSSR count). The molecule has 0 aliphatic heterocycles. The topological polar surface area (TPSA) is 30.2 Å². The Morgan fingerprint density at radius 1 is 1.19 bits per heavy atom. The minimum Gasteiger partial charge on any atom is -0.464 e. The van der Waals surface area contributed by atoms with Crippen LogP contribution >= 0.6 is 0 Å². The number of benzene rings is 1. The zero-order valence-corrected chi connectivity index (χ0v) is 9.27. The van der Waals surface area contributed by atoms with Crippen LogP contribution in [0.3, 0.4) is 0 Å². The third-order valence-corrected chi connectivity index (χ3v) is 2.49. The van der Waals surface area contributed by atoms with Crippen LogP contribution in [0, 0.1) is 0 Å². The van der Waals surface area contributed by atoms with Gasteiger partial charge in [0.2, 0.25) is 0 Å². The van der Waals surface area contributed by atoms with Crippen molar-refractivity contribution in [3.8, 4) is 11.3 Å². The second-order valence-electron chi connectivity index (χ2n) is 3.73. The summed E-state index contributed by atoms with van der Waals surface area (Å²) in [4.78, 5) is 11.6. The van der Waals surface area contributed by atoms with Crippen LogP contribution in [0.4, 0.5) is 0 Å². The predicted octanol–water partition coefficient (Wildman–Crippen LogP) is 3.93. The second kappa shape index (κ2) is 4.79. The summed E-state index contributed by atoms with van der Waals surface area (Å²) in [6, 6.07) is 11.3. The summed E-state index contributed by atoms with van der Waals surface area (Å²) in [5.74, 6) is 1.03. The molecule has 0 aliphatic rings. The van der Waals surface area contributed by atoms with E-state index in [2.05, 4.69) is 0 Å². The molecular formula is C14H14O2. The molecule has 0 saturated carbocycles. The lowest BCUT2D eigenvalue weighted by molar-refractivity contribution is 0.0982. The van der Waals surface area contributed by atoms with Gasteiger partial charge in [0.05, 0.1) is 6.26 Å². The number of furan rings is 1. The highest BCUT2D eigenvalue weighted by atomic mass is 16.3. The lowest BCUT2D eigenvalue weighted by Crippen LogP contribution is -1.97. The first-order chi connectivity index (χ1) is 7.81. The van der Waals surface area contributed by atoms with Gasteiger partial charge in [0.1, 0.15) is 5.76 Å². The summed E-state index contributed by atoms with van der Waals surface area (Å²) in [6.07, 6.45) is 3.14. The highest BCUT2D eigenvalue weighted by Crippen LogP contribution is 2.20. The molecule has 0 fully saturated rings. The summed E-state index contributed by atoms with van der Waals surface area (Å²) >= 11 is 0. The molecule has 0 bridgehead atoms. The number of rotatable bonds is 4. The molecule has 0 N–H and O–H groups in total. The van der Waals surface area contributed by atoms with Gasteiger partial charge >= 0.3 is 0 Å². The maximum absolute atomic E-state index is 11.6. The van der Waals surface area contributed by atoms with Gasteiger partial charge in [-0.1, -0.05) is 31.2 Å². The van der Waals surface area contributed by atoms with Crippen LogP contribution in [0.15, 0.2) is 47.1 Å². The molecule has 0 atom stereocenters. The smallest absolute Gasteiger partial charge is 0.162 e. The van der Waals surface area contributed by atoms with Crippen molar-refractivity contribution in [2.45, 2.75) is 19.8 Å². The standard InChI is InChI=1S/C14H14O2/c1-2-4-13(15)11-6-8-12(9-7-11)14-5-3-10-16-14/h3,5-10H,2,4H2,1H3. The minimum atomic E-state index is 0.202. The van der Waals surface area contributed by atoms with E-state index in [4.69, 9.17) is 4.42 Å². The average Bonchev–Trinajstić information content (AvgIpc) is 2.83. The summed E-state index contributed by atoms with van der Waals surface area (Å²) < 4.78 is 5.28. The fourth-order valence-electron chi connectivity index (χ4n) is 1.63. The quantitative estimate of drug-likeness (QED) is 0.722. The monoisotopic (exact) mass is 214 g/mol. The normalized spacial score (nSPS) is 10.3. The van der Waals surface area contributed by atoms with E-state index in [1.807, 2.05) is 43.3 Å². The Bertz CT molecular complexity index is 452. The van der Waals surface area contributed by atoms with Crippen molar-refractivity contribution in [3.63, 3.8) is 0 Å². The minimum absolute atomic E-state index is 0.202. The van der Waals surface area contributed by atoms with Gasteiger partial charge in [-0.25, -0.2) is 0 Å². The largest absolute Gasteiger partial charge is 0.464 e. The van der Waals surface area contributed by atoms with Crippen molar-refractivity contribution in [3.05, 3.63) is 48.2 Å². The Morgan fingerprint density at radius 2 is 1.94 bits per heavy atom. The molecule has 0 radical (unpaired) electrons. The van der Waals surface area contributed by atoms with E-state index in [1.54, 1.807) is 6.26 Å². The van der Waals surface area contributed by atoms with E-state index in [0.29, 0.717) is 6.42 Å². The Hall–Kier alpha value is -1.83. The van der Waals surface area contributed by atoms with Gasteiger partial charge in [-0.05, 0) is 18.6 Å². The van der Waals surface area contributed by atoms with Crippen LogP contribution < -0.4 is 0 Å². The molecular weight excluding hydrogens is 200 g/mol. The molecule has 2 nitrogen and oxygen atoms in total. The van der Waals surface area contributed by atoms with Crippen LogP contribution in [0.5, 0.6) is 0 Å². The molecule has 0 aliphatic carbocycles. The molecule has 16 heavy (non-hydrogen) atoms. The predicted molar refractivity (Wildman–Crippen MR) is 63.4 cm³/mol. The number of ketones is 1. The molecule has 2 heteroatoms. The van der Waals surface area contributed by atoms with E-state index in [0.717, 1.165) is 23.3 Å². The Labute approximate surface area is 94.9 Å². The van der Waals surface area contributed by atoms with Crippen molar-refractivity contribution in [1.82, 2.24) is 0 Å². The maximum Gasteiger partial charge on any atom is 0.162 e. The number of hydrogen-bond acceptors (Lipinski definition) is 2. The maximum atomic E-state index is 11.6. The van der Waals surface area contributed by atoms with Gasteiger partial charge in [-0.2, -0.15) is 0 Å².